The second kappa shape index (κ2) is 5.56. The molecular weight excluding hydrogens is 325 g/mol. The lowest BCUT2D eigenvalue weighted by atomic mass is 9.98. The molecule has 1 unspecified atom stereocenters. The van der Waals surface area contributed by atoms with Crippen molar-refractivity contribution >= 4 is 69.6 Å². The molecule has 0 N–H and O–H groups in total. The molecule has 15 heavy (non-hydrogen) atoms. The van der Waals surface area contributed by atoms with E-state index in [1.165, 1.54) is 0 Å². The van der Waals surface area contributed by atoms with Crippen LogP contribution in [0, 0.1) is 5.92 Å². The summed E-state index contributed by atoms with van der Waals surface area (Å²) in [5.41, 5.74) is 0. The predicted octanol–water partition coefficient (Wildman–Crippen LogP) is 4.91. The fraction of sp³-hybridized carbons (Fsp3) is 1.00. The van der Waals surface area contributed by atoms with Crippen LogP contribution in [-0.2, 0) is 4.74 Å². The molecule has 0 amide bonds. The van der Waals surface area contributed by atoms with Gasteiger partial charge in [0.05, 0.1) is 12.0 Å². The van der Waals surface area contributed by atoms with Gasteiger partial charge in [-0.15, -0.1) is 0 Å². The Morgan fingerprint density at radius 1 is 0.933 bits per heavy atom. The molecule has 0 saturated carbocycles. The van der Waals surface area contributed by atoms with Gasteiger partial charge in [-0.25, -0.2) is 0 Å². The molecule has 7 heteroatoms. The van der Waals surface area contributed by atoms with E-state index in [0.29, 0.717) is 6.61 Å². The lowest BCUT2D eigenvalue weighted by Crippen LogP contribution is -2.44. The van der Waals surface area contributed by atoms with Gasteiger partial charge in [-0.3, -0.25) is 0 Å². The quantitative estimate of drug-likeness (QED) is 0.619. The lowest BCUT2D eigenvalue weighted by molar-refractivity contribution is -0.0190. The summed E-state index contributed by atoms with van der Waals surface area (Å²) in [6.07, 6.45) is 2.40. The molecule has 0 bridgehead atoms. The molecule has 0 radical (unpaired) electrons. The van der Waals surface area contributed by atoms with E-state index in [4.69, 9.17) is 74.3 Å². The summed E-state index contributed by atoms with van der Waals surface area (Å²) >= 11 is 34.9. The Hall–Kier alpha value is 1.70. The third kappa shape index (κ3) is 4.46. The average Bonchev–Trinajstić information content (AvgIpc) is 2.00. The van der Waals surface area contributed by atoms with E-state index in [9.17, 15) is 0 Å². The molecule has 1 fully saturated rings. The van der Waals surface area contributed by atoms with E-state index in [1.54, 1.807) is 0 Å². The average molecular weight is 335 g/mol. The summed E-state index contributed by atoms with van der Waals surface area (Å²) in [5.74, 6) is -0.764. The first kappa shape index (κ1) is 14.8. The third-order valence-corrected chi connectivity index (χ3v) is 3.70. The predicted molar refractivity (Wildman–Crippen MR) is 67.7 cm³/mol. The summed E-state index contributed by atoms with van der Waals surface area (Å²) in [6.45, 7) is 0.614. The van der Waals surface area contributed by atoms with Crippen LogP contribution in [0.25, 0.3) is 0 Å². The Bertz CT molecular complexity index is 188. The van der Waals surface area contributed by atoms with Gasteiger partial charge < -0.3 is 4.74 Å². The van der Waals surface area contributed by atoms with Crippen molar-refractivity contribution in [2.24, 2.45) is 5.92 Å². The maximum absolute atomic E-state index is 5.81. The molecule has 0 aromatic rings. The fourth-order valence-corrected chi connectivity index (χ4v) is 3.96. The maximum Gasteiger partial charge on any atom is 0.199 e. The van der Waals surface area contributed by atoms with E-state index in [-0.39, 0.29) is 6.10 Å². The minimum absolute atomic E-state index is 0.321. The molecule has 1 saturated heterocycles. The molecule has 0 spiro atoms. The van der Waals surface area contributed by atoms with Crippen molar-refractivity contribution in [2.75, 3.05) is 6.61 Å². The molecule has 0 aromatic heterocycles. The Morgan fingerprint density at radius 2 is 1.47 bits per heavy atom. The molecule has 0 aromatic carbocycles. The van der Waals surface area contributed by atoms with Crippen molar-refractivity contribution in [3.63, 3.8) is 0 Å². The van der Waals surface area contributed by atoms with Gasteiger partial charge in [0.15, 0.2) is 7.59 Å². The van der Waals surface area contributed by atoms with Crippen molar-refractivity contribution in [1.82, 2.24) is 0 Å². The van der Waals surface area contributed by atoms with Gasteiger partial charge in [0.2, 0.25) is 0 Å². The molecule has 90 valence electrons. The van der Waals surface area contributed by atoms with Crippen molar-refractivity contribution in [1.29, 1.82) is 0 Å². The van der Waals surface area contributed by atoms with Gasteiger partial charge in [0.25, 0.3) is 0 Å². The van der Waals surface area contributed by atoms with Crippen LogP contribution in [0.3, 0.4) is 0 Å². The zero-order valence-electron chi connectivity index (χ0n) is 7.66. The minimum atomic E-state index is -1.65. The zero-order chi connectivity index (χ0) is 11.7. The monoisotopic (exact) mass is 332 g/mol. The Morgan fingerprint density at radius 3 is 1.80 bits per heavy atom. The van der Waals surface area contributed by atoms with Crippen LogP contribution in [0.4, 0.5) is 0 Å². The fourth-order valence-electron chi connectivity index (χ4n) is 1.64. The van der Waals surface area contributed by atoms with Crippen LogP contribution in [0.2, 0.25) is 0 Å². The summed E-state index contributed by atoms with van der Waals surface area (Å²) in [6, 6.07) is 0. The highest BCUT2D eigenvalue weighted by Crippen LogP contribution is 2.51. The molecule has 1 atom stereocenters. The zero-order valence-corrected chi connectivity index (χ0v) is 12.2. The molecular formula is C8H10Cl6O. The topological polar surface area (TPSA) is 9.23 Å². The van der Waals surface area contributed by atoms with E-state index in [0.717, 1.165) is 19.3 Å². The number of halogens is 6. The standard InChI is InChI=1S/C8H10Cl6O/c9-7(10,11)6(8(12,13)14)5-3-1-2-4-15-5/h5-6H,1-4H2. The molecule has 1 aliphatic rings. The molecule has 1 heterocycles. The second-order valence-electron chi connectivity index (χ2n) is 3.47. The molecule has 1 aliphatic heterocycles. The third-order valence-electron chi connectivity index (χ3n) is 2.29. The van der Waals surface area contributed by atoms with Crippen LogP contribution in [0.1, 0.15) is 19.3 Å². The van der Waals surface area contributed by atoms with Crippen molar-refractivity contribution in [3.8, 4) is 0 Å². The van der Waals surface area contributed by atoms with Crippen LogP contribution < -0.4 is 0 Å². The number of ether oxygens (including phenoxy) is 1. The lowest BCUT2D eigenvalue weighted by Gasteiger charge is -2.38. The molecule has 1 rings (SSSR count). The highest BCUT2D eigenvalue weighted by Gasteiger charge is 2.51. The first-order chi connectivity index (χ1) is 6.73. The minimum Gasteiger partial charge on any atom is -0.378 e. The number of hydrogen-bond acceptors (Lipinski definition) is 1. The van der Waals surface area contributed by atoms with Crippen molar-refractivity contribution < 1.29 is 4.74 Å². The first-order valence-electron chi connectivity index (χ1n) is 4.48. The second-order valence-corrected chi connectivity index (χ2v) is 8.20. The Labute approximate surface area is 119 Å². The number of alkyl halides is 6. The SMILES string of the molecule is ClC(Cl)(Cl)C(C1CCCCO1)C(Cl)(Cl)Cl. The van der Waals surface area contributed by atoms with Gasteiger partial charge in [-0.2, -0.15) is 0 Å². The van der Waals surface area contributed by atoms with Gasteiger partial charge in [-0.05, 0) is 19.3 Å². The molecule has 1 nitrogen and oxygen atoms in total. The van der Waals surface area contributed by atoms with Gasteiger partial charge in [0.1, 0.15) is 0 Å². The van der Waals surface area contributed by atoms with Crippen molar-refractivity contribution in [3.05, 3.63) is 0 Å². The van der Waals surface area contributed by atoms with Gasteiger partial charge in [0, 0.05) is 6.61 Å². The normalized spacial score (nSPS) is 24.6. The highest BCUT2D eigenvalue weighted by atomic mass is 35.6. The van der Waals surface area contributed by atoms with E-state index < -0.39 is 13.5 Å². The number of rotatable bonds is 1. The summed E-state index contributed by atoms with van der Waals surface area (Å²) < 4.78 is 2.20. The van der Waals surface area contributed by atoms with Crippen LogP contribution >= 0.6 is 69.6 Å². The smallest absolute Gasteiger partial charge is 0.199 e. The largest absolute Gasteiger partial charge is 0.378 e. The van der Waals surface area contributed by atoms with Gasteiger partial charge in [-0.1, -0.05) is 69.6 Å². The maximum atomic E-state index is 5.81. The van der Waals surface area contributed by atoms with Crippen LogP contribution in [0.5, 0.6) is 0 Å². The van der Waals surface area contributed by atoms with Crippen LogP contribution in [0.15, 0.2) is 0 Å². The highest BCUT2D eigenvalue weighted by molar-refractivity contribution is 6.72. The van der Waals surface area contributed by atoms with E-state index in [2.05, 4.69) is 0 Å². The Balaban J connectivity index is 2.80. The number of hydrogen-bond donors (Lipinski definition) is 0. The molecule has 0 aliphatic carbocycles. The van der Waals surface area contributed by atoms with E-state index in [1.807, 2.05) is 0 Å². The first-order valence-corrected chi connectivity index (χ1v) is 6.74. The van der Waals surface area contributed by atoms with Gasteiger partial charge >= 0.3 is 0 Å². The summed E-state index contributed by atoms with van der Waals surface area (Å²) in [4.78, 5) is 0. The summed E-state index contributed by atoms with van der Waals surface area (Å²) in [5, 5.41) is 0. The summed E-state index contributed by atoms with van der Waals surface area (Å²) in [7, 11) is 0. The Kier molecular flexibility index (Phi) is 5.47. The van der Waals surface area contributed by atoms with Crippen molar-refractivity contribution in [2.45, 2.75) is 33.0 Å². The van der Waals surface area contributed by atoms with E-state index >= 15 is 0 Å². The van der Waals surface area contributed by atoms with Crippen LogP contribution in [-0.4, -0.2) is 20.3 Å².